The molecule has 2 aromatic rings. The highest BCUT2D eigenvalue weighted by Crippen LogP contribution is 2.26. The lowest BCUT2D eigenvalue weighted by molar-refractivity contribution is -0.123. The van der Waals surface area contributed by atoms with Gasteiger partial charge in [0.2, 0.25) is 5.91 Å². The maximum Gasteiger partial charge on any atom is 0.227 e. The Hall–Kier alpha value is -2.10. The zero-order chi connectivity index (χ0) is 17.0. The molecule has 1 aromatic heterocycles. The van der Waals surface area contributed by atoms with Crippen LogP contribution in [0.2, 0.25) is 0 Å². The van der Waals surface area contributed by atoms with Gasteiger partial charge in [0.05, 0.1) is 11.6 Å². The maximum atomic E-state index is 12.7. The smallest absolute Gasteiger partial charge is 0.227 e. The predicted octanol–water partition coefficient (Wildman–Crippen LogP) is 3.84. The summed E-state index contributed by atoms with van der Waals surface area (Å²) in [4.78, 5) is 12.7. The molecule has 0 aliphatic carbocycles. The SMILES string of the molecule is CCC(C(=O)NC(C)Cc1ccccc1C)c1c(C)noc1C. The summed E-state index contributed by atoms with van der Waals surface area (Å²) in [7, 11) is 0. The summed E-state index contributed by atoms with van der Waals surface area (Å²) in [6.45, 7) is 9.91. The number of carbonyl (C=O) groups excluding carboxylic acids is 1. The summed E-state index contributed by atoms with van der Waals surface area (Å²) >= 11 is 0. The molecule has 2 unspecified atom stereocenters. The second-order valence-electron chi connectivity index (χ2n) is 6.24. The van der Waals surface area contributed by atoms with E-state index in [1.54, 1.807) is 0 Å². The number of amides is 1. The summed E-state index contributed by atoms with van der Waals surface area (Å²) in [6.07, 6.45) is 1.56. The van der Waals surface area contributed by atoms with E-state index in [-0.39, 0.29) is 17.9 Å². The molecule has 0 saturated heterocycles. The Morgan fingerprint density at radius 3 is 2.52 bits per heavy atom. The van der Waals surface area contributed by atoms with Crippen LogP contribution < -0.4 is 5.32 Å². The van der Waals surface area contributed by atoms with Crippen LogP contribution in [-0.4, -0.2) is 17.1 Å². The van der Waals surface area contributed by atoms with Gasteiger partial charge < -0.3 is 9.84 Å². The minimum absolute atomic E-state index is 0.0444. The summed E-state index contributed by atoms with van der Waals surface area (Å²) < 4.78 is 5.21. The van der Waals surface area contributed by atoms with Crippen LogP contribution >= 0.6 is 0 Å². The number of benzene rings is 1. The van der Waals surface area contributed by atoms with Gasteiger partial charge in [-0.25, -0.2) is 0 Å². The van der Waals surface area contributed by atoms with Crippen LogP contribution in [0.1, 0.15) is 54.3 Å². The van der Waals surface area contributed by atoms with Gasteiger partial charge in [-0.3, -0.25) is 4.79 Å². The highest BCUT2D eigenvalue weighted by atomic mass is 16.5. The first-order chi connectivity index (χ1) is 10.9. The van der Waals surface area contributed by atoms with E-state index < -0.39 is 0 Å². The summed E-state index contributed by atoms with van der Waals surface area (Å²) in [5.74, 6) is 0.569. The third-order valence-electron chi connectivity index (χ3n) is 4.34. The minimum Gasteiger partial charge on any atom is -0.361 e. The molecular formula is C19H26N2O2. The minimum atomic E-state index is -0.208. The average molecular weight is 314 g/mol. The Morgan fingerprint density at radius 1 is 1.26 bits per heavy atom. The van der Waals surface area contributed by atoms with Crippen molar-refractivity contribution in [2.45, 2.75) is 59.4 Å². The predicted molar refractivity (Wildman–Crippen MR) is 91.5 cm³/mol. The molecule has 1 aromatic carbocycles. The number of aromatic nitrogens is 1. The van der Waals surface area contributed by atoms with Crippen LogP contribution in [0.4, 0.5) is 0 Å². The number of nitrogens with one attached hydrogen (secondary N) is 1. The van der Waals surface area contributed by atoms with E-state index in [9.17, 15) is 4.79 Å². The third-order valence-corrected chi connectivity index (χ3v) is 4.34. The lowest BCUT2D eigenvalue weighted by Crippen LogP contribution is -2.37. The van der Waals surface area contributed by atoms with E-state index >= 15 is 0 Å². The van der Waals surface area contributed by atoms with Gasteiger partial charge in [0.25, 0.3) is 0 Å². The molecule has 124 valence electrons. The molecule has 1 amide bonds. The first-order valence-corrected chi connectivity index (χ1v) is 8.21. The number of hydrogen-bond acceptors (Lipinski definition) is 3. The number of nitrogens with zero attached hydrogens (tertiary/aromatic N) is 1. The van der Waals surface area contributed by atoms with Gasteiger partial charge in [0, 0.05) is 11.6 Å². The van der Waals surface area contributed by atoms with Gasteiger partial charge in [-0.2, -0.15) is 0 Å². The van der Waals surface area contributed by atoms with Crippen molar-refractivity contribution in [3.8, 4) is 0 Å². The Kier molecular flexibility index (Phi) is 5.59. The molecule has 2 rings (SSSR count). The highest BCUT2D eigenvalue weighted by molar-refractivity contribution is 5.84. The molecule has 23 heavy (non-hydrogen) atoms. The summed E-state index contributed by atoms with van der Waals surface area (Å²) in [6, 6.07) is 8.37. The Morgan fingerprint density at radius 2 is 1.96 bits per heavy atom. The molecule has 0 bridgehead atoms. The fourth-order valence-corrected chi connectivity index (χ4v) is 3.07. The first-order valence-electron chi connectivity index (χ1n) is 8.21. The molecule has 4 heteroatoms. The van der Waals surface area contributed by atoms with Crippen molar-refractivity contribution in [3.05, 3.63) is 52.4 Å². The summed E-state index contributed by atoms with van der Waals surface area (Å²) in [5, 5.41) is 7.11. The standard InChI is InChI=1S/C19H26N2O2/c1-6-17(18-14(4)21-23-15(18)5)19(22)20-13(3)11-16-10-8-7-9-12(16)2/h7-10,13,17H,6,11H2,1-5H3,(H,20,22). The van der Waals surface area contributed by atoms with Crippen LogP contribution in [0.3, 0.4) is 0 Å². The molecule has 2 atom stereocenters. The monoisotopic (exact) mass is 314 g/mol. The fraction of sp³-hybridized carbons (Fsp3) is 0.474. The zero-order valence-corrected chi connectivity index (χ0v) is 14.6. The second kappa shape index (κ2) is 7.44. The largest absolute Gasteiger partial charge is 0.361 e. The second-order valence-corrected chi connectivity index (χ2v) is 6.24. The topological polar surface area (TPSA) is 55.1 Å². The quantitative estimate of drug-likeness (QED) is 0.881. The van der Waals surface area contributed by atoms with E-state index in [0.717, 1.165) is 29.9 Å². The number of rotatable bonds is 6. The zero-order valence-electron chi connectivity index (χ0n) is 14.6. The van der Waals surface area contributed by atoms with E-state index in [1.807, 2.05) is 39.8 Å². The van der Waals surface area contributed by atoms with Crippen LogP contribution in [0.15, 0.2) is 28.8 Å². The van der Waals surface area contributed by atoms with Gasteiger partial charge in [-0.1, -0.05) is 36.3 Å². The van der Waals surface area contributed by atoms with Crippen molar-refractivity contribution < 1.29 is 9.32 Å². The molecule has 0 saturated carbocycles. The number of hydrogen-bond donors (Lipinski definition) is 1. The Labute approximate surface area is 138 Å². The molecule has 4 nitrogen and oxygen atoms in total. The number of carbonyl (C=O) groups is 1. The molecule has 0 radical (unpaired) electrons. The van der Waals surface area contributed by atoms with E-state index in [4.69, 9.17) is 4.52 Å². The van der Waals surface area contributed by atoms with Crippen molar-refractivity contribution in [1.29, 1.82) is 0 Å². The first kappa shape index (κ1) is 17.3. The maximum absolute atomic E-state index is 12.7. The fourth-order valence-electron chi connectivity index (χ4n) is 3.07. The van der Waals surface area contributed by atoms with Gasteiger partial charge in [0.15, 0.2) is 0 Å². The van der Waals surface area contributed by atoms with Crippen LogP contribution in [-0.2, 0) is 11.2 Å². The van der Waals surface area contributed by atoms with Crippen molar-refractivity contribution in [1.82, 2.24) is 10.5 Å². The molecule has 0 aliphatic heterocycles. The van der Waals surface area contributed by atoms with E-state index in [2.05, 4.69) is 29.5 Å². The van der Waals surface area contributed by atoms with Gasteiger partial charge in [-0.05, 0) is 51.7 Å². The van der Waals surface area contributed by atoms with Gasteiger partial charge >= 0.3 is 0 Å². The van der Waals surface area contributed by atoms with Crippen LogP contribution in [0.5, 0.6) is 0 Å². The molecule has 0 aliphatic rings. The normalized spacial score (nSPS) is 13.6. The summed E-state index contributed by atoms with van der Waals surface area (Å²) in [5.41, 5.74) is 4.25. The molecule has 0 fully saturated rings. The molecule has 1 N–H and O–H groups in total. The lowest BCUT2D eigenvalue weighted by atomic mass is 9.93. The van der Waals surface area contributed by atoms with Crippen molar-refractivity contribution in [2.24, 2.45) is 0 Å². The highest BCUT2D eigenvalue weighted by Gasteiger charge is 2.26. The van der Waals surface area contributed by atoms with E-state index in [1.165, 1.54) is 11.1 Å². The van der Waals surface area contributed by atoms with E-state index in [0.29, 0.717) is 0 Å². The van der Waals surface area contributed by atoms with Gasteiger partial charge in [0.1, 0.15) is 5.76 Å². The van der Waals surface area contributed by atoms with Crippen molar-refractivity contribution in [3.63, 3.8) is 0 Å². The lowest BCUT2D eigenvalue weighted by Gasteiger charge is -2.20. The molecular weight excluding hydrogens is 288 g/mol. The van der Waals surface area contributed by atoms with Gasteiger partial charge in [-0.15, -0.1) is 0 Å². The van der Waals surface area contributed by atoms with Crippen LogP contribution in [0.25, 0.3) is 0 Å². The van der Waals surface area contributed by atoms with Crippen molar-refractivity contribution >= 4 is 5.91 Å². The third kappa shape index (κ3) is 4.01. The molecule has 0 spiro atoms. The Bertz CT molecular complexity index is 656. The molecule has 1 heterocycles. The van der Waals surface area contributed by atoms with Crippen molar-refractivity contribution in [2.75, 3.05) is 0 Å². The average Bonchev–Trinajstić information content (AvgIpc) is 2.82. The number of aryl methyl sites for hydroxylation is 3. The Balaban J connectivity index is 2.06. The van der Waals surface area contributed by atoms with Crippen LogP contribution in [0, 0.1) is 20.8 Å².